The molecule has 0 aliphatic carbocycles. The van der Waals surface area contributed by atoms with Gasteiger partial charge >= 0.3 is 0 Å². The van der Waals surface area contributed by atoms with Gasteiger partial charge in [-0.25, -0.2) is 0 Å². The van der Waals surface area contributed by atoms with Gasteiger partial charge in [-0.05, 0) is 50.1 Å². The molecule has 4 heteroatoms. The molecular weight excluding hydrogens is 286 g/mol. The van der Waals surface area contributed by atoms with Crippen LogP contribution in [0.5, 0.6) is 0 Å². The normalized spacial score (nSPS) is 11.2. The summed E-state index contributed by atoms with van der Waals surface area (Å²) in [4.78, 5) is 13.4. The van der Waals surface area contributed by atoms with Crippen LogP contribution < -0.4 is 0 Å². The van der Waals surface area contributed by atoms with Crippen LogP contribution in [0, 0.1) is 32.1 Å². The Morgan fingerprint density at radius 1 is 1.22 bits per heavy atom. The molecule has 23 heavy (non-hydrogen) atoms. The molecule has 0 aliphatic heterocycles. The lowest BCUT2D eigenvalue weighted by Gasteiger charge is -2.12. The van der Waals surface area contributed by atoms with Gasteiger partial charge < -0.3 is 9.47 Å². The van der Waals surface area contributed by atoms with E-state index in [1.165, 1.54) is 10.5 Å². The number of hydrogen-bond acceptors (Lipinski definition) is 2. The van der Waals surface area contributed by atoms with Gasteiger partial charge in [0, 0.05) is 31.2 Å². The first-order valence-electron chi connectivity index (χ1n) is 7.45. The Hall–Kier alpha value is -2.80. The number of aryl methyl sites for hydroxylation is 2. The van der Waals surface area contributed by atoms with E-state index < -0.39 is 0 Å². The van der Waals surface area contributed by atoms with Crippen LogP contribution in [0.15, 0.2) is 35.9 Å². The molecule has 4 nitrogen and oxygen atoms in total. The van der Waals surface area contributed by atoms with E-state index in [1.807, 2.05) is 38.1 Å². The molecule has 0 unspecified atom stereocenters. The van der Waals surface area contributed by atoms with Gasteiger partial charge in [-0.2, -0.15) is 5.26 Å². The lowest BCUT2D eigenvalue weighted by Crippen LogP contribution is -2.22. The summed E-state index contributed by atoms with van der Waals surface area (Å²) < 4.78 is 2.15. The van der Waals surface area contributed by atoms with Crippen LogP contribution in [0.3, 0.4) is 0 Å². The monoisotopic (exact) mass is 307 g/mol. The summed E-state index contributed by atoms with van der Waals surface area (Å²) in [6.45, 7) is 6.09. The fraction of sp³-hybridized carbons (Fsp3) is 0.263. The summed E-state index contributed by atoms with van der Waals surface area (Å²) >= 11 is 0. The van der Waals surface area contributed by atoms with Crippen LogP contribution in [-0.2, 0) is 4.79 Å². The van der Waals surface area contributed by atoms with E-state index in [1.54, 1.807) is 20.2 Å². The average molecular weight is 307 g/mol. The van der Waals surface area contributed by atoms with E-state index in [9.17, 15) is 10.1 Å². The molecule has 0 aliphatic rings. The van der Waals surface area contributed by atoms with Crippen molar-refractivity contribution in [2.75, 3.05) is 14.1 Å². The van der Waals surface area contributed by atoms with Crippen LogP contribution in [0.25, 0.3) is 11.8 Å². The van der Waals surface area contributed by atoms with Crippen LogP contribution in [-0.4, -0.2) is 29.5 Å². The molecule has 1 aromatic carbocycles. The highest BCUT2D eigenvalue weighted by Gasteiger charge is 2.15. The molecule has 0 N–H and O–H groups in total. The molecular formula is C19H21N3O. The van der Waals surface area contributed by atoms with Crippen LogP contribution in [0.4, 0.5) is 0 Å². The standard InChI is InChI=1S/C19H21N3O/c1-13-8-6-7-9-18(13)22-14(2)10-16(15(22)3)11-17(12-20)19(23)21(4)5/h6-11H,1-5H3/b17-11-. The van der Waals surface area contributed by atoms with Crippen molar-refractivity contribution in [1.82, 2.24) is 9.47 Å². The van der Waals surface area contributed by atoms with Gasteiger partial charge in [0.1, 0.15) is 11.6 Å². The Labute approximate surface area is 137 Å². The summed E-state index contributed by atoms with van der Waals surface area (Å²) in [5, 5.41) is 9.26. The number of carbonyl (C=O) groups is 1. The number of rotatable bonds is 3. The molecule has 0 radical (unpaired) electrons. The van der Waals surface area contributed by atoms with Crippen molar-refractivity contribution < 1.29 is 4.79 Å². The molecule has 0 fully saturated rings. The second kappa shape index (κ2) is 6.53. The summed E-state index contributed by atoms with van der Waals surface area (Å²) in [6, 6.07) is 12.2. The molecule has 0 bridgehead atoms. The van der Waals surface area contributed by atoms with Gasteiger partial charge in [0.25, 0.3) is 5.91 Å². The topological polar surface area (TPSA) is 49.0 Å². The van der Waals surface area contributed by atoms with Gasteiger partial charge in [0.05, 0.1) is 0 Å². The Morgan fingerprint density at radius 2 is 1.87 bits per heavy atom. The number of hydrogen-bond donors (Lipinski definition) is 0. The fourth-order valence-corrected chi connectivity index (χ4v) is 2.66. The van der Waals surface area contributed by atoms with Gasteiger partial charge in [-0.1, -0.05) is 18.2 Å². The Kier molecular flexibility index (Phi) is 4.71. The lowest BCUT2D eigenvalue weighted by molar-refractivity contribution is -0.124. The molecule has 1 aromatic heterocycles. The maximum absolute atomic E-state index is 12.0. The van der Waals surface area contributed by atoms with E-state index in [4.69, 9.17) is 0 Å². The van der Waals surface area contributed by atoms with Crippen molar-refractivity contribution in [1.29, 1.82) is 5.26 Å². The molecule has 2 aromatic rings. The first-order valence-corrected chi connectivity index (χ1v) is 7.45. The Balaban J connectivity index is 2.57. The Morgan fingerprint density at radius 3 is 2.43 bits per heavy atom. The minimum atomic E-state index is -0.284. The zero-order valence-corrected chi connectivity index (χ0v) is 14.2. The number of amides is 1. The maximum Gasteiger partial charge on any atom is 0.264 e. The van der Waals surface area contributed by atoms with Gasteiger partial charge in [-0.15, -0.1) is 0 Å². The third-order valence-corrected chi connectivity index (χ3v) is 3.88. The predicted octanol–water partition coefficient (Wildman–Crippen LogP) is 3.40. The van der Waals surface area contributed by atoms with Crippen LogP contribution in [0.1, 0.15) is 22.5 Å². The summed E-state index contributed by atoms with van der Waals surface area (Å²) in [5.74, 6) is -0.284. The minimum absolute atomic E-state index is 0.139. The maximum atomic E-state index is 12.0. The number of nitriles is 1. The highest BCUT2D eigenvalue weighted by atomic mass is 16.2. The first-order chi connectivity index (χ1) is 10.9. The zero-order valence-electron chi connectivity index (χ0n) is 14.2. The molecule has 1 amide bonds. The average Bonchev–Trinajstić information content (AvgIpc) is 2.79. The lowest BCUT2D eigenvalue weighted by atomic mass is 10.1. The minimum Gasteiger partial charge on any atom is -0.344 e. The Bertz CT molecular complexity index is 820. The van der Waals surface area contributed by atoms with Crippen molar-refractivity contribution in [3.05, 3.63) is 58.4 Å². The highest BCUT2D eigenvalue weighted by molar-refractivity contribution is 6.01. The number of para-hydroxylation sites is 1. The molecule has 2 rings (SSSR count). The van der Waals surface area contributed by atoms with E-state index in [2.05, 4.69) is 23.6 Å². The number of benzene rings is 1. The molecule has 0 atom stereocenters. The van der Waals surface area contributed by atoms with E-state index >= 15 is 0 Å². The number of carbonyl (C=O) groups excluding carboxylic acids is 1. The summed E-state index contributed by atoms with van der Waals surface area (Å²) in [7, 11) is 3.29. The van der Waals surface area contributed by atoms with Gasteiger partial charge in [0.2, 0.25) is 0 Å². The van der Waals surface area contributed by atoms with E-state index in [0.29, 0.717) is 0 Å². The summed E-state index contributed by atoms with van der Waals surface area (Å²) in [6.07, 6.45) is 1.67. The first kappa shape index (κ1) is 16.6. The smallest absolute Gasteiger partial charge is 0.264 e. The summed E-state index contributed by atoms with van der Waals surface area (Å²) in [5.41, 5.74) is 5.39. The van der Waals surface area contributed by atoms with E-state index in [0.717, 1.165) is 22.6 Å². The van der Waals surface area contributed by atoms with E-state index in [-0.39, 0.29) is 11.5 Å². The number of nitrogens with zero attached hydrogens (tertiary/aromatic N) is 3. The van der Waals surface area contributed by atoms with Gasteiger partial charge in [-0.3, -0.25) is 4.79 Å². The highest BCUT2D eigenvalue weighted by Crippen LogP contribution is 2.24. The SMILES string of the molecule is Cc1ccccc1-n1c(C)cc(/C=C(/C#N)C(=O)N(C)C)c1C. The zero-order chi connectivity index (χ0) is 17.1. The van der Waals surface area contributed by atoms with Crippen molar-refractivity contribution in [3.8, 4) is 11.8 Å². The number of likely N-dealkylation sites (N-methyl/N-ethyl adjacent to an activating group) is 1. The third-order valence-electron chi connectivity index (χ3n) is 3.88. The second-order valence-electron chi connectivity index (χ2n) is 5.82. The predicted molar refractivity (Wildman–Crippen MR) is 92.3 cm³/mol. The van der Waals surface area contributed by atoms with Crippen molar-refractivity contribution in [2.45, 2.75) is 20.8 Å². The van der Waals surface area contributed by atoms with Crippen LogP contribution >= 0.6 is 0 Å². The van der Waals surface area contributed by atoms with Crippen LogP contribution in [0.2, 0.25) is 0 Å². The van der Waals surface area contributed by atoms with Gasteiger partial charge in [0.15, 0.2) is 0 Å². The number of aromatic nitrogens is 1. The quantitative estimate of drug-likeness (QED) is 0.644. The van der Waals surface area contributed by atoms with Crippen molar-refractivity contribution >= 4 is 12.0 Å². The molecule has 0 saturated heterocycles. The third kappa shape index (κ3) is 3.19. The molecule has 118 valence electrons. The molecule has 0 saturated carbocycles. The molecule has 1 heterocycles. The second-order valence-corrected chi connectivity index (χ2v) is 5.82. The van der Waals surface area contributed by atoms with Crippen molar-refractivity contribution in [3.63, 3.8) is 0 Å². The molecule has 0 spiro atoms. The van der Waals surface area contributed by atoms with Crippen molar-refractivity contribution in [2.24, 2.45) is 0 Å². The fourth-order valence-electron chi connectivity index (χ4n) is 2.66. The largest absolute Gasteiger partial charge is 0.344 e.